The minimum atomic E-state index is -4.77. The fourth-order valence-corrected chi connectivity index (χ4v) is 7.48. The molecule has 0 saturated heterocycles. The normalized spacial score (nSPS) is 14.3. The van der Waals surface area contributed by atoms with Crippen LogP contribution in [0.2, 0.25) is 0 Å². The monoisotopic (exact) mass is 999 g/mol. The zero-order valence-corrected chi connectivity index (χ0v) is 44.6. The molecular formula is C58H95O11P. The Morgan fingerprint density at radius 3 is 1.09 bits per heavy atom. The van der Waals surface area contributed by atoms with Crippen molar-refractivity contribution in [1.82, 2.24) is 0 Å². The van der Waals surface area contributed by atoms with Gasteiger partial charge in [0.25, 0.3) is 0 Å². The van der Waals surface area contributed by atoms with Gasteiger partial charge in [-0.3, -0.25) is 23.4 Å². The van der Waals surface area contributed by atoms with Crippen LogP contribution in [0.1, 0.15) is 201 Å². The second kappa shape index (κ2) is 51.5. The zero-order valence-electron chi connectivity index (χ0n) is 43.7. The van der Waals surface area contributed by atoms with Gasteiger partial charge >= 0.3 is 25.7 Å². The molecule has 12 heteroatoms. The number of phosphoric acid groups is 1. The Labute approximate surface area is 425 Å². The molecule has 0 bridgehead atoms. The number of carbonyl (C=O) groups excluding carboxylic acids is 3. The van der Waals surface area contributed by atoms with Crippen molar-refractivity contribution < 1.29 is 52.2 Å². The Hall–Kier alpha value is -3.86. The molecule has 0 aromatic carbocycles. The van der Waals surface area contributed by atoms with Crippen LogP contribution in [0.15, 0.2) is 109 Å². The summed E-state index contributed by atoms with van der Waals surface area (Å²) in [5.74, 6) is -1.55. The highest BCUT2D eigenvalue weighted by Crippen LogP contribution is 2.43. The lowest BCUT2D eigenvalue weighted by Gasteiger charge is -2.21. The van der Waals surface area contributed by atoms with Gasteiger partial charge < -0.3 is 24.2 Å². The largest absolute Gasteiger partial charge is 0.472 e. The fourth-order valence-electron chi connectivity index (χ4n) is 6.69. The van der Waals surface area contributed by atoms with Crippen LogP contribution in [0.3, 0.4) is 0 Å². The van der Waals surface area contributed by atoms with Crippen LogP contribution < -0.4 is 0 Å². The molecule has 0 aromatic rings. The number of rotatable bonds is 48. The number of unbranched alkanes of at least 4 members (excludes halogenated alkanes) is 13. The highest BCUT2D eigenvalue weighted by atomic mass is 31.2. The van der Waals surface area contributed by atoms with E-state index in [0.29, 0.717) is 19.3 Å². The molecule has 0 amide bonds. The van der Waals surface area contributed by atoms with Crippen molar-refractivity contribution in [3.63, 3.8) is 0 Å². The summed E-state index contributed by atoms with van der Waals surface area (Å²) in [4.78, 5) is 48.4. The number of phosphoric ester groups is 1. The predicted octanol–water partition coefficient (Wildman–Crippen LogP) is 15.5. The summed E-state index contributed by atoms with van der Waals surface area (Å²) in [7, 11) is -4.77. The Balaban J connectivity index is 4.81. The second-order valence-electron chi connectivity index (χ2n) is 17.2. The molecule has 0 fully saturated rings. The van der Waals surface area contributed by atoms with E-state index < -0.39 is 57.8 Å². The molecule has 0 aliphatic rings. The molecule has 2 N–H and O–H groups in total. The van der Waals surface area contributed by atoms with Gasteiger partial charge in [0.1, 0.15) is 12.7 Å². The van der Waals surface area contributed by atoms with Crippen molar-refractivity contribution in [2.75, 3.05) is 26.4 Å². The standard InChI is InChI=1S/C58H95O11P/c1-4-7-10-13-16-19-22-25-27-30-33-36-39-42-45-48-57(61)68-54(50-59)52-66-70(63,64)67-53-55(51-65-56(60)47-44-41-38-35-32-29-24-21-18-15-12-9-6-3)69-58(62)49-46-43-40-37-34-31-28-26-23-20-17-14-11-8-5-2/h7-12,16-21,25-29,32,54-55,59H,4-6,13-15,22-24,30-31,33-53H2,1-3H3,(H,63,64)/b10-7-,11-8-,12-9-,19-16-,20-17-,21-18-,27-25-,28-26-,32-29-. The first kappa shape index (κ1) is 66.1. The molecule has 0 aliphatic carbocycles. The minimum Gasteiger partial charge on any atom is -0.462 e. The van der Waals surface area contributed by atoms with Gasteiger partial charge in [0, 0.05) is 19.3 Å². The van der Waals surface area contributed by atoms with Crippen molar-refractivity contribution >= 4 is 25.7 Å². The molecule has 0 saturated carbocycles. The summed E-state index contributed by atoms with van der Waals surface area (Å²) < 4.78 is 39.4. The predicted molar refractivity (Wildman–Crippen MR) is 288 cm³/mol. The summed E-state index contributed by atoms with van der Waals surface area (Å²) >= 11 is 0. The number of hydrogen-bond donors (Lipinski definition) is 2. The van der Waals surface area contributed by atoms with Gasteiger partial charge in [-0.05, 0) is 116 Å². The summed E-state index contributed by atoms with van der Waals surface area (Å²) in [5.41, 5.74) is 0. The van der Waals surface area contributed by atoms with Crippen LogP contribution >= 0.6 is 7.82 Å². The third-order valence-corrected chi connectivity index (χ3v) is 11.6. The van der Waals surface area contributed by atoms with E-state index in [4.69, 9.17) is 23.3 Å². The van der Waals surface area contributed by atoms with Gasteiger partial charge in [0.15, 0.2) is 6.10 Å². The molecule has 0 aromatic heterocycles. The number of esters is 3. The quantitative estimate of drug-likeness (QED) is 0.0197. The number of hydrogen-bond acceptors (Lipinski definition) is 10. The van der Waals surface area contributed by atoms with Crippen LogP contribution in [0, 0.1) is 0 Å². The molecule has 0 radical (unpaired) electrons. The summed E-state index contributed by atoms with van der Waals surface area (Å²) in [6.45, 7) is 4.20. The lowest BCUT2D eigenvalue weighted by molar-refractivity contribution is -0.161. The van der Waals surface area contributed by atoms with Gasteiger partial charge in [-0.25, -0.2) is 4.57 Å². The number of ether oxygens (including phenoxy) is 3. The van der Waals surface area contributed by atoms with Gasteiger partial charge in [-0.2, -0.15) is 0 Å². The van der Waals surface area contributed by atoms with Gasteiger partial charge in [-0.15, -0.1) is 0 Å². The van der Waals surface area contributed by atoms with Crippen LogP contribution in [0.4, 0.5) is 0 Å². The van der Waals surface area contributed by atoms with Gasteiger partial charge in [0.05, 0.1) is 19.8 Å². The van der Waals surface area contributed by atoms with E-state index >= 15 is 0 Å². The summed E-state index contributed by atoms with van der Waals surface area (Å²) in [5, 5.41) is 9.79. The van der Waals surface area contributed by atoms with Crippen LogP contribution in [-0.2, 0) is 42.2 Å². The Bertz CT molecular complexity index is 1590. The number of allylic oxidation sites excluding steroid dienone is 18. The minimum absolute atomic E-state index is 0.135. The maximum atomic E-state index is 12.9. The molecule has 3 unspecified atom stereocenters. The van der Waals surface area contributed by atoms with Crippen molar-refractivity contribution in [3.8, 4) is 0 Å². The van der Waals surface area contributed by atoms with Crippen molar-refractivity contribution in [3.05, 3.63) is 109 Å². The van der Waals surface area contributed by atoms with Crippen LogP contribution in [-0.4, -0.2) is 66.5 Å². The van der Waals surface area contributed by atoms with Gasteiger partial charge in [-0.1, -0.05) is 175 Å². The Morgan fingerprint density at radius 1 is 0.400 bits per heavy atom. The second-order valence-corrected chi connectivity index (χ2v) is 18.7. The first-order chi connectivity index (χ1) is 34.2. The molecule has 0 aliphatic heterocycles. The lowest BCUT2D eigenvalue weighted by Crippen LogP contribution is -2.30. The Morgan fingerprint density at radius 2 is 0.700 bits per heavy atom. The van der Waals surface area contributed by atoms with E-state index in [0.717, 1.165) is 141 Å². The Kier molecular flexibility index (Phi) is 48.7. The molecule has 0 spiro atoms. The van der Waals surface area contributed by atoms with E-state index in [1.807, 2.05) is 0 Å². The van der Waals surface area contributed by atoms with Crippen LogP contribution in [0.5, 0.6) is 0 Å². The molecule has 70 heavy (non-hydrogen) atoms. The van der Waals surface area contributed by atoms with Crippen LogP contribution in [0.25, 0.3) is 0 Å². The maximum Gasteiger partial charge on any atom is 0.472 e. The van der Waals surface area contributed by atoms with Crippen molar-refractivity contribution in [2.45, 2.75) is 213 Å². The van der Waals surface area contributed by atoms with E-state index in [9.17, 15) is 28.9 Å². The average Bonchev–Trinajstić information content (AvgIpc) is 3.35. The van der Waals surface area contributed by atoms with Crippen molar-refractivity contribution in [2.24, 2.45) is 0 Å². The highest BCUT2D eigenvalue weighted by molar-refractivity contribution is 7.47. The molecule has 0 heterocycles. The zero-order chi connectivity index (χ0) is 51.3. The van der Waals surface area contributed by atoms with Gasteiger partial charge in [0.2, 0.25) is 0 Å². The van der Waals surface area contributed by atoms with E-state index in [1.54, 1.807) is 0 Å². The first-order valence-corrected chi connectivity index (χ1v) is 28.3. The number of aliphatic hydroxyl groups is 1. The average molecular weight is 999 g/mol. The molecule has 0 rings (SSSR count). The third-order valence-electron chi connectivity index (χ3n) is 10.7. The number of aliphatic hydroxyl groups excluding tert-OH is 1. The topological polar surface area (TPSA) is 155 Å². The van der Waals surface area contributed by atoms with E-state index in [2.05, 4.69) is 130 Å². The molecule has 3 atom stereocenters. The van der Waals surface area contributed by atoms with E-state index in [1.165, 1.54) is 0 Å². The highest BCUT2D eigenvalue weighted by Gasteiger charge is 2.28. The lowest BCUT2D eigenvalue weighted by atomic mass is 10.1. The fraction of sp³-hybridized carbons (Fsp3) is 0.638. The van der Waals surface area contributed by atoms with E-state index in [-0.39, 0.29) is 25.9 Å². The summed E-state index contributed by atoms with van der Waals surface area (Å²) in [6, 6.07) is 0. The molecule has 398 valence electrons. The number of carbonyl (C=O) groups is 3. The summed E-state index contributed by atoms with van der Waals surface area (Å²) in [6.07, 6.45) is 60.5. The molecule has 11 nitrogen and oxygen atoms in total. The third kappa shape index (κ3) is 49.1. The maximum absolute atomic E-state index is 12.9. The van der Waals surface area contributed by atoms with Crippen molar-refractivity contribution in [1.29, 1.82) is 0 Å². The smallest absolute Gasteiger partial charge is 0.462 e. The first-order valence-electron chi connectivity index (χ1n) is 26.8. The molecular weight excluding hydrogens is 904 g/mol. The SMILES string of the molecule is CC/C=C\C/C=C\C/C=C\CCCCCCCC(=O)OC(CO)COP(=O)(O)OCC(COC(=O)CCCCC/C=C\C/C=C\C/C=C\CC)OC(=O)CCCCCCC/C=C\C/C=C\C/C=C\CC.